The third-order valence-electron chi connectivity index (χ3n) is 24.5. The summed E-state index contributed by atoms with van der Waals surface area (Å²) in [5.41, 5.74) is 21.6. The molecule has 23 heteroatoms. The van der Waals surface area contributed by atoms with Crippen molar-refractivity contribution < 1.29 is 18.8 Å². The van der Waals surface area contributed by atoms with E-state index in [-0.39, 0.29) is 98.1 Å². The van der Waals surface area contributed by atoms with E-state index >= 15 is 4.39 Å². The van der Waals surface area contributed by atoms with Crippen LogP contribution in [0.25, 0.3) is 97.7 Å². The van der Waals surface area contributed by atoms with Gasteiger partial charge >= 0.3 is 0 Å². The molecule has 9 aromatic carbocycles. The Balaban J connectivity index is 0.000000152. The van der Waals surface area contributed by atoms with Crippen LogP contribution in [0.2, 0.25) is 15.1 Å². The van der Waals surface area contributed by atoms with Gasteiger partial charge in [0.25, 0.3) is 33.7 Å². The van der Waals surface area contributed by atoms with Gasteiger partial charge in [0, 0.05) is 136 Å². The minimum atomic E-state index is -0.539. The van der Waals surface area contributed by atoms with E-state index in [4.69, 9.17) is 60.3 Å². The predicted molar refractivity (Wildman–Crippen MR) is 508 cm³/mol. The molecule has 3 atom stereocenters. The summed E-state index contributed by atoms with van der Waals surface area (Å²) in [6.45, 7) is 59.7. The lowest BCUT2D eigenvalue weighted by atomic mass is 9.86. The second kappa shape index (κ2) is 36.6. The first kappa shape index (κ1) is 88.0. The molecular formula is C102H97Cl3FN13O6. The minimum Gasteiger partial charge on any atom is -0.399 e. The Morgan fingerprint density at radius 1 is 0.432 bits per heavy atom. The van der Waals surface area contributed by atoms with E-state index in [1.54, 1.807) is 52.7 Å². The number of carbonyl (C=O) groups is 3. The number of nitrogens with two attached hydrogens (primary N) is 1. The standard InChI is InChI=1S/C35H33ClN4O2.C34H33ClN4O2.C33H31ClFN5O2/c1-6-32(41)38-15-16-39(22(4)20-38)34-28-18-29(36)27(25-14-12-23-11-13-24(23)17-25)19-31(28)40(35(42)33(34)37-5)30-10-8-7-9-26(30)21(2)3;1-7-31(40)37-16-17-38(23(5)20-37)33-27-18-28(35)26(25-14-9-8-12-22(25)4)19-30(27)39(34(41)32(33)36-6)29-15-11-10-13-24(29)21(2)3;1-6-30(41)38-13-14-39(20(4)18-38)32-25-16-26(34)24(23-12-11-21(36)15-27(23)35)17-29(25)40(33(42)31(32)37-5)28-10-8-7-9-22(28)19(2)3/h6-10,12,14,17-19,21-22H,1,11,13,15-16,20H2,2-4H3;7-15,18-19,21,23H,1,16-17,20H2,2-5H3;6-12,15-17,19-20H,1,13-14,18,36H2,2-4H3/t22-;23-;20-/m000/s1. The van der Waals surface area contributed by atoms with Crippen molar-refractivity contribution in [2.45, 2.75) is 118 Å². The van der Waals surface area contributed by atoms with E-state index in [1.807, 2.05) is 168 Å². The Kier molecular flexibility index (Phi) is 25.8. The van der Waals surface area contributed by atoms with Gasteiger partial charge < -0.3 is 35.1 Å². The molecule has 3 aromatic heterocycles. The monoisotopic (exact) mass is 1720 g/mol. The molecule has 0 unspecified atom stereocenters. The van der Waals surface area contributed by atoms with Crippen LogP contribution in [0.1, 0.15) is 113 Å². The van der Waals surface area contributed by atoms with Crippen LogP contribution < -0.4 is 37.1 Å². The molecule has 0 spiro atoms. The van der Waals surface area contributed by atoms with Crippen LogP contribution in [-0.4, -0.2) is 123 Å². The SMILES string of the molecule is [C-]#[N+]c1c(N2CCN(C(=O)C=C)C[C@@H]2C)c2cc(Cl)c(-c3ccc(N)cc3F)cc2n(-c2ccccc2C(C)C)c1=O.[C-]#[N+]c1c(N2CCN(C(=O)C=C)C[C@@H]2C)c2cc(Cl)c(-c3ccc4c(c3)CC4)cc2n(-c2ccccc2C(C)C)c1=O.[C-]#[N+]c1c(N2CCN(C(=O)C=C)C[C@@H]2C)c2cc(Cl)c(-c3ccccc3C)cc2n(-c2ccccc2C(C)C)c1=O. The molecule has 2 N–H and O–H groups in total. The van der Waals surface area contributed by atoms with E-state index in [0.29, 0.717) is 119 Å². The van der Waals surface area contributed by atoms with Gasteiger partial charge in [0.15, 0.2) is 0 Å². The van der Waals surface area contributed by atoms with Gasteiger partial charge in [-0.15, -0.1) is 0 Å². The molecule has 4 aliphatic rings. The maximum absolute atomic E-state index is 15.2. The molecule has 19 nitrogen and oxygen atoms in total. The molecule has 3 amide bonds. The first-order valence-electron chi connectivity index (χ1n) is 41.9. The summed E-state index contributed by atoms with van der Waals surface area (Å²) in [7, 11) is 0. The van der Waals surface area contributed by atoms with Gasteiger partial charge in [-0.1, -0.05) is 193 Å². The molecule has 125 heavy (non-hydrogen) atoms. The lowest BCUT2D eigenvalue weighted by Crippen LogP contribution is -2.53. The van der Waals surface area contributed by atoms with Gasteiger partial charge in [0.1, 0.15) is 5.82 Å². The number of aryl methyl sites for hydroxylation is 3. The van der Waals surface area contributed by atoms with Gasteiger partial charge in [-0.25, -0.2) is 18.9 Å². The predicted octanol–water partition coefficient (Wildman–Crippen LogP) is 21.8. The molecule has 16 rings (SSSR count). The van der Waals surface area contributed by atoms with E-state index in [2.05, 4.69) is 90.0 Å². The fourth-order valence-electron chi connectivity index (χ4n) is 18.1. The van der Waals surface area contributed by atoms with E-state index in [1.165, 1.54) is 35.4 Å². The van der Waals surface area contributed by atoms with Gasteiger partial charge in [0.05, 0.1) is 70.4 Å². The molecule has 1 aliphatic carbocycles. The van der Waals surface area contributed by atoms with Gasteiger partial charge in [-0.2, -0.15) is 0 Å². The highest BCUT2D eigenvalue weighted by molar-refractivity contribution is 6.36. The van der Waals surface area contributed by atoms with Gasteiger partial charge in [-0.3, -0.25) is 42.5 Å². The van der Waals surface area contributed by atoms with E-state index in [0.717, 1.165) is 79.5 Å². The highest BCUT2D eigenvalue weighted by Gasteiger charge is 2.37. The normalized spacial score (nSPS) is 15.6. The Bertz CT molecular complexity index is 6760. The molecule has 634 valence electrons. The molecule has 3 aliphatic heterocycles. The number of anilines is 4. The second-order valence-corrected chi connectivity index (χ2v) is 34.4. The fourth-order valence-corrected chi connectivity index (χ4v) is 18.9. The first-order valence-corrected chi connectivity index (χ1v) is 43.1. The van der Waals surface area contributed by atoms with Crippen molar-refractivity contribution in [3.63, 3.8) is 0 Å². The van der Waals surface area contributed by atoms with Crippen LogP contribution in [0.3, 0.4) is 0 Å². The highest BCUT2D eigenvalue weighted by atomic mass is 35.5. The van der Waals surface area contributed by atoms with Gasteiger partial charge in [-0.05, 0) is 194 Å². The van der Waals surface area contributed by atoms with Crippen LogP contribution in [0.15, 0.2) is 222 Å². The lowest BCUT2D eigenvalue weighted by Gasteiger charge is -2.42. The number of nitrogens with zero attached hydrogens (tertiary/aromatic N) is 12. The van der Waals surface area contributed by atoms with E-state index < -0.39 is 11.4 Å². The number of benzene rings is 9. The summed E-state index contributed by atoms with van der Waals surface area (Å²) >= 11 is 20.9. The maximum Gasteiger partial charge on any atom is 0.274 e. The molecule has 0 bridgehead atoms. The number of fused-ring (bicyclic) bond motifs is 4. The number of halogens is 4. The number of amides is 3. The third-order valence-corrected chi connectivity index (χ3v) is 25.4. The molecule has 3 saturated heterocycles. The van der Waals surface area contributed by atoms with Crippen molar-refractivity contribution in [2.75, 3.05) is 79.3 Å². The molecule has 0 saturated carbocycles. The third kappa shape index (κ3) is 16.6. The number of piperazine rings is 3. The number of aromatic nitrogens is 3. The Morgan fingerprint density at radius 2 is 0.776 bits per heavy atom. The van der Waals surface area contributed by atoms with Crippen LogP contribution in [0.4, 0.5) is 44.2 Å². The minimum absolute atomic E-state index is 0.0427. The number of hydrogen-bond acceptors (Lipinski definition) is 10. The summed E-state index contributed by atoms with van der Waals surface area (Å²) in [5.74, 6) is -0.562. The summed E-state index contributed by atoms with van der Waals surface area (Å²) in [6.07, 6.45) is 6.08. The molecule has 0 radical (unpaired) electrons. The van der Waals surface area contributed by atoms with Crippen molar-refractivity contribution in [1.82, 2.24) is 28.4 Å². The summed E-state index contributed by atoms with van der Waals surface area (Å²) in [5, 5.41) is 3.42. The Labute approximate surface area is 742 Å². The summed E-state index contributed by atoms with van der Waals surface area (Å²) in [4.78, 5) is 103. The van der Waals surface area contributed by atoms with Crippen LogP contribution in [0.5, 0.6) is 0 Å². The average molecular weight is 1730 g/mol. The quantitative estimate of drug-likeness (QED) is 0.0590. The van der Waals surface area contributed by atoms with Crippen LogP contribution in [0, 0.1) is 32.5 Å². The number of para-hydroxylation sites is 3. The maximum atomic E-state index is 15.2. The van der Waals surface area contributed by atoms with Crippen LogP contribution >= 0.6 is 34.8 Å². The second-order valence-electron chi connectivity index (χ2n) is 33.2. The van der Waals surface area contributed by atoms with Crippen molar-refractivity contribution in [2.24, 2.45) is 0 Å². The van der Waals surface area contributed by atoms with Crippen molar-refractivity contribution in [3.8, 4) is 50.4 Å². The number of hydrogen-bond donors (Lipinski definition) is 1. The number of pyridine rings is 3. The van der Waals surface area contributed by atoms with Crippen LogP contribution in [-0.2, 0) is 27.2 Å². The Hall–Kier alpha value is -13.3. The fraction of sp³-hybridized carbons (Fsp3) is 0.265. The topological polar surface area (TPSA) is 176 Å². The zero-order valence-corrected chi connectivity index (χ0v) is 73.9. The number of rotatable bonds is 15. The average Bonchev–Trinajstić information content (AvgIpc) is 0.734. The molecular weight excluding hydrogens is 1630 g/mol. The number of nitrogen functional groups attached to an aromatic ring is 1. The van der Waals surface area contributed by atoms with Gasteiger partial charge in [0.2, 0.25) is 17.7 Å². The first-order chi connectivity index (χ1) is 60.0. The molecule has 6 heterocycles. The summed E-state index contributed by atoms with van der Waals surface area (Å²) in [6, 6.07) is 52.9. The van der Waals surface area contributed by atoms with E-state index in [9.17, 15) is 28.8 Å². The van der Waals surface area contributed by atoms with Crippen molar-refractivity contribution >= 4 is 125 Å². The highest BCUT2D eigenvalue weighted by Crippen LogP contribution is 2.48. The Morgan fingerprint density at radius 3 is 1.10 bits per heavy atom. The molecule has 3 fully saturated rings. The van der Waals surface area contributed by atoms with Crippen molar-refractivity contribution in [3.05, 3.63) is 327 Å². The largest absolute Gasteiger partial charge is 0.399 e. The zero-order chi connectivity index (χ0) is 89.4. The van der Waals surface area contributed by atoms with Crippen molar-refractivity contribution in [1.29, 1.82) is 0 Å². The molecule has 12 aromatic rings. The smallest absolute Gasteiger partial charge is 0.274 e. The summed E-state index contributed by atoms with van der Waals surface area (Å²) < 4.78 is 20.1. The lowest BCUT2D eigenvalue weighted by molar-refractivity contribution is -0.127. The zero-order valence-electron chi connectivity index (χ0n) is 71.7. The number of carbonyl (C=O) groups excluding carboxylic acids is 3.